The van der Waals surface area contributed by atoms with E-state index in [4.69, 9.17) is 0 Å². The van der Waals surface area contributed by atoms with Crippen LogP contribution in [-0.4, -0.2) is 66.4 Å². The molecule has 3 aromatic carbocycles. The molecule has 5 rings (SSSR count). The Balaban J connectivity index is 1.35. The van der Waals surface area contributed by atoms with E-state index in [1.165, 1.54) is 19.3 Å². The molecule has 0 aromatic heterocycles. The summed E-state index contributed by atoms with van der Waals surface area (Å²) in [5, 5.41) is 9.09. The molecule has 3 aromatic rings. The maximum atomic E-state index is 14.1. The van der Waals surface area contributed by atoms with Crippen molar-refractivity contribution < 1.29 is 9.59 Å². The minimum absolute atomic E-state index is 0.0171. The van der Waals surface area contributed by atoms with Gasteiger partial charge in [0.15, 0.2) is 0 Å². The molecule has 0 spiro atoms. The second-order valence-electron chi connectivity index (χ2n) is 11.4. The van der Waals surface area contributed by atoms with Crippen LogP contribution in [0.15, 0.2) is 72.8 Å². The molecule has 0 saturated carbocycles. The Morgan fingerprint density at radius 3 is 2.45 bits per heavy atom. The summed E-state index contributed by atoms with van der Waals surface area (Å²) in [6.45, 7) is 6.59. The molecule has 0 aliphatic carbocycles. The van der Waals surface area contributed by atoms with Crippen LogP contribution in [0.2, 0.25) is 0 Å². The Kier molecular flexibility index (Phi) is 9.85. The van der Waals surface area contributed by atoms with Gasteiger partial charge in [0.2, 0.25) is 5.91 Å². The van der Waals surface area contributed by atoms with Crippen LogP contribution in [0.1, 0.15) is 73.8 Å². The summed E-state index contributed by atoms with van der Waals surface area (Å²) in [5.74, 6) is 0.120. The lowest BCUT2D eigenvalue weighted by Crippen LogP contribution is -2.50. The molecule has 2 fully saturated rings. The van der Waals surface area contributed by atoms with Crippen LogP contribution in [0, 0.1) is 0 Å². The SMILES string of the molecule is CCCCN1C(=O)[C@H](CCN2CCCCC2)N[C@H](CNC(=O)c2ccc3ccccc3c2)C[C@@H]1c1ccccc1. The van der Waals surface area contributed by atoms with Crippen molar-refractivity contribution in [3.05, 3.63) is 83.9 Å². The monoisotopic (exact) mass is 540 g/mol. The Morgan fingerprint density at radius 1 is 0.925 bits per heavy atom. The summed E-state index contributed by atoms with van der Waals surface area (Å²) < 4.78 is 0. The molecule has 0 bridgehead atoms. The number of nitrogens with zero attached hydrogens (tertiary/aromatic N) is 2. The number of piperidine rings is 1. The predicted octanol–water partition coefficient (Wildman–Crippen LogP) is 5.55. The average molecular weight is 541 g/mol. The van der Waals surface area contributed by atoms with Crippen molar-refractivity contribution in [3.8, 4) is 0 Å². The molecule has 2 saturated heterocycles. The minimum atomic E-state index is -0.255. The van der Waals surface area contributed by atoms with Gasteiger partial charge in [0, 0.05) is 31.2 Å². The van der Waals surface area contributed by atoms with Crippen molar-refractivity contribution in [1.82, 2.24) is 20.4 Å². The van der Waals surface area contributed by atoms with E-state index in [1.54, 1.807) is 0 Å². The number of unbranched alkanes of at least 4 members (excludes halogenated alkanes) is 1. The van der Waals surface area contributed by atoms with Crippen LogP contribution in [0.5, 0.6) is 0 Å². The van der Waals surface area contributed by atoms with Crippen molar-refractivity contribution in [2.24, 2.45) is 0 Å². The van der Waals surface area contributed by atoms with Gasteiger partial charge in [-0.05, 0) is 73.7 Å². The maximum absolute atomic E-state index is 14.1. The van der Waals surface area contributed by atoms with Gasteiger partial charge in [-0.2, -0.15) is 0 Å². The third-order valence-electron chi connectivity index (χ3n) is 8.54. The van der Waals surface area contributed by atoms with E-state index in [9.17, 15) is 9.59 Å². The van der Waals surface area contributed by atoms with Crippen molar-refractivity contribution in [3.63, 3.8) is 0 Å². The van der Waals surface area contributed by atoms with Gasteiger partial charge in [-0.15, -0.1) is 0 Å². The first-order valence-electron chi connectivity index (χ1n) is 15.2. The van der Waals surface area contributed by atoms with E-state index in [-0.39, 0.29) is 29.9 Å². The average Bonchev–Trinajstić information content (AvgIpc) is 3.14. The first kappa shape index (κ1) is 28.3. The number of rotatable bonds is 10. The topological polar surface area (TPSA) is 64.7 Å². The van der Waals surface area contributed by atoms with Crippen LogP contribution < -0.4 is 10.6 Å². The van der Waals surface area contributed by atoms with E-state index in [0.717, 1.165) is 68.2 Å². The lowest BCUT2D eigenvalue weighted by atomic mass is 9.97. The summed E-state index contributed by atoms with van der Waals surface area (Å²) in [6, 6.07) is 24.1. The van der Waals surface area contributed by atoms with Crippen molar-refractivity contribution in [1.29, 1.82) is 0 Å². The number of carbonyl (C=O) groups excluding carboxylic acids is 2. The minimum Gasteiger partial charge on any atom is -0.350 e. The summed E-state index contributed by atoms with van der Waals surface area (Å²) in [5.41, 5.74) is 1.82. The fourth-order valence-electron chi connectivity index (χ4n) is 6.25. The van der Waals surface area contributed by atoms with Gasteiger partial charge >= 0.3 is 0 Å². The summed E-state index contributed by atoms with van der Waals surface area (Å²) in [6.07, 6.45) is 7.37. The first-order valence-corrected chi connectivity index (χ1v) is 15.2. The van der Waals surface area contributed by atoms with E-state index >= 15 is 0 Å². The molecule has 212 valence electrons. The van der Waals surface area contributed by atoms with E-state index in [1.807, 2.05) is 42.5 Å². The third kappa shape index (κ3) is 7.10. The Labute approximate surface area is 239 Å². The van der Waals surface area contributed by atoms with E-state index in [2.05, 4.69) is 57.7 Å². The fraction of sp³-hybridized carbons (Fsp3) is 0.471. The molecule has 3 atom stereocenters. The lowest BCUT2D eigenvalue weighted by molar-refractivity contribution is -0.135. The van der Waals surface area contributed by atoms with Gasteiger partial charge in [0.05, 0.1) is 12.1 Å². The van der Waals surface area contributed by atoms with Gasteiger partial charge in [-0.3, -0.25) is 9.59 Å². The second-order valence-corrected chi connectivity index (χ2v) is 11.4. The molecule has 2 N–H and O–H groups in total. The zero-order chi connectivity index (χ0) is 27.7. The maximum Gasteiger partial charge on any atom is 0.251 e. The molecule has 6 heteroatoms. The number of hydrogen-bond donors (Lipinski definition) is 2. The largest absolute Gasteiger partial charge is 0.350 e. The predicted molar refractivity (Wildman–Crippen MR) is 162 cm³/mol. The number of benzene rings is 3. The normalized spacial score (nSPS) is 22.3. The molecule has 40 heavy (non-hydrogen) atoms. The molecular weight excluding hydrogens is 496 g/mol. The van der Waals surface area contributed by atoms with Crippen molar-refractivity contribution in [2.45, 2.75) is 70.0 Å². The number of fused-ring (bicyclic) bond motifs is 1. The zero-order valence-electron chi connectivity index (χ0n) is 23.9. The highest BCUT2D eigenvalue weighted by molar-refractivity contribution is 5.98. The van der Waals surface area contributed by atoms with Gasteiger partial charge in [0.1, 0.15) is 0 Å². The van der Waals surface area contributed by atoms with E-state index < -0.39 is 0 Å². The number of carbonyl (C=O) groups is 2. The van der Waals surface area contributed by atoms with Crippen LogP contribution in [0.25, 0.3) is 10.8 Å². The summed E-state index contributed by atoms with van der Waals surface area (Å²) in [7, 11) is 0. The molecule has 2 heterocycles. The quantitative estimate of drug-likeness (QED) is 0.354. The van der Waals surface area contributed by atoms with Gasteiger partial charge in [-0.25, -0.2) is 0 Å². The van der Waals surface area contributed by atoms with Crippen LogP contribution in [0.4, 0.5) is 0 Å². The van der Waals surface area contributed by atoms with Crippen LogP contribution in [-0.2, 0) is 4.79 Å². The highest BCUT2D eigenvalue weighted by Gasteiger charge is 2.37. The molecule has 2 aliphatic heterocycles. The third-order valence-corrected chi connectivity index (χ3v) is 8.54. The summed E-state index contributed by atoms with van der Waals surface area (Å²) >= 11 is 0. The molecule has 0 radical (unpaired) electrons. The molecule has 0 unspecified atom stereocenters. The standard InChI is InChI=1S/C34H44N4O2/c1-2-3-21-38-32(27-13-6-4-7-14-27)24-30(36-31(34(38)40)18-22-37-19-10-5-11-20-37)25-35-33(39)29-17-16-26-12-8-9-15-28(26)23-29/h4,6-9,12-17,23,30-32,36H,2-3,5,10-11,18-22,24-25H2,1H3,(H,35,39)/t30-,31-,32+/m0/s1. The number of hydrogen-bond acceptors (Lipinski definition) is 4. The molecule has 6 nitrogen and oxygen atoms in total. The summed E-state index contributed by atoms with van der Waals surface area (Å²) in [4.78, 5) is 32.0. The second kappa shape index (κ2) is 13.9. The molecule has 2 amide bonds. The van der Waals surface area contributed by atoms with Crippen LogP contribution >= 0.6 is 0 Å². The fourth-order valence-corrected chi connectivity index (χ4v) is 6.25. The number of nitrogens with one attached hydrogen (secondary N) is 2. The van der Waals surface area contributed by atoms with Crippen molar-refractivity contribution in [2.75, 3.05) is 32.7 Å². The smallest absolute Gasteiger partial charge is 0.251 e. The first-order chi connectivity index (χ1) is 19.6. The Morgan fingerprint density at radius 2 is 1.68 bits per heavy atom. The molecular formula is C34H44N4O2. The molecule has 2 aliphatic rings. The van der Waals surface area contributed by atoms with Crippen molar-refractivity contribution >= 4 is 22.6 Å². The number of amides is 2. The van der Waals surface area contributed by atoms with Crippen LogP contribution in [0.3, 0.4) is 0 Å². The highest BCUT2D eigenvalue weighted by Crippen LogP contribution is 2.30. The Bertz CT molecular complexity index is 1260. The van der Waals surface area contributed by atoms with Gasteiger partial charge in [-0.1, -0.05) is 80.4 Å². The van der Waals surface area contributed by atoms with Gasteiger partial charge < -0.3 is 20.4 Å². The zero-order valence-corrected chi connectivity index (χ0v) is 23.9. The lowest BCUT2D eigenvalue weighted by Gasteiger charge is -2.33. The highest BCUT2D eigenvalue weighted by atomic mass is 16.2. The van der Waals surface area contributed by atoms with E-state index in [0.29, 0.717) is 12.1 Å². The number of likely N-dealkylation sites (tertiary alicyclic amines) is 1. The van der Waals surface area contributed by atoms with Gasteiger partial charge in [0.25, 0.3) is 5.91 Å². The Hall–Kier alpha value is -3.22.